The predicted molar refractivity (Wildman–Crippen MR) is 81.7 cm³/mol. The first kappa shape index (κ1) is 12.8. The number of rotatable bonds is 4. The highest BCUT2D eigenvalue weighted by molar-refractivity contribution is 7.16. The highest BCUT2D eigenvalue weighted by atomic mass is 32.1. The third kappa shape index (κ3) is 2.56. The van der Waals surface area contributed by atoms with E-state index in [1.165, 1.54) is 6.33 Å². The molecule has 0 aliphatic heterocycles. The summed E-state index contributed by atoms with van der Waals surface area (Å²) in [4.78, 5) is 9.33. The molecule has 0 radical (unpaired) electrons. The fourth-order valence-electron chi connectivity index (χ4n) is 1.96. The van der Waals surface area contributed by atoms with E-state index in [1.54, 1.807) is 23.5 Å². The number of hydrogen-bond acceptors (Lipinski definition) is 6. The molecule has 0 aliphatic rings. The maximum absolute atomic E-state index is 10.2. The Morgan fingerprint density at radius 1 is 1.20 bits per heavy atom. The van der Waals surface area contributed by atoms with Gasteiger partial charge in [0.1, 0.15) is 17.0 Å². The maximum atomic E-state index is 10.2. The molecule has 2 heterocycles. The predicted octanol–water partition coefficient (Wildman–Crippen LogP) is 2.42. The first-order valence-corrected chi connectivity index (χ1v) is 7.07. The van der Waals surface area contributed by atoms with Crippen molar-refractivity contribution in [2.75, 3.05) is 17.6 Å². The van der Waals surface area contributed by atoms with Gasteiger partial charge in [-0.25, -0.2) is 9.97 Å². The number of nitrogens with two attached hydrogens (primary N) is 1. The molecule has 0 bridgehead atoms. The van der Waals surface area contributed by atoms with Crippen molar-refractivity contribution in [3.63, 3.8) is 0 Å². The van der Waals surface area contributed by atoms with Gasteiger partial charge in [0, 0.05) is 12.2 Å². The van der Waals surface area contributed by atoms with Crippen molar-refractivity contribution in [1.29, 1.82) is 0 Å². The van der Waals surface area contributed by atoms with Gasteiger partial charge < -0.3 is 16.2 Å². The second kappa shape index (κ2) is 5.44. The molecule has 0 saturated heterocycles. The molecule has 0 fully saturated rings. The molecule has 5 nitrogen and oxygen atoms in total. The molecule has 0 aliphatic carbocycles. The van der Waals surface area contributed by atoms with Crippen LogP contribution in [0.3, 0.4) is 0 Å². The van der Waals surface area contributed by atoms with E-state index in [4.69, 9.17) is 5.73 Å². The minimum absolute atomic E-state index is 0.381. The Balaban J connectivity index is 1.73. The molecule has 1 atom stereocenters. The van der Waals surface area contributed by atoms with Gasteiger partial charge in [-0.05, 0) is 29.1 Å². The van der Waals surface area contributed by atoms with E-state index in [0.717, 1.165) is 21.6 Å². The summed E-state index contributed by atoms with van der Waals surface area (Å²) in [6, 6.07) is 9.17. The van der Waals surface area contributed by atoms with E-state index in [-0.39, 0.29) is 0 Å². The van der Waals surface area contributed by atoms with Crippen molar-refractivity contribution < 1.29 is 5.11 Å². The van der Waals surface area contributed by atoms with Crippen LogP contribution >= 0.6 is 11.3 Å². The minimum Gasteiger partial charge on any atom is -0.399 e. The Kier molecular flexibility index (Phi) is 3.49. The van der Waals surface area contributed by atoms with Crippen molar-refractivity contribution in [3.05, 3.63) is 47.6 Å². The van der Waals surface area contributed by atoms with Gasteiger partial charge in [0.05, 0.1) is 11.5 Å². The van der Waals surface area contributed by atoms with E-state index in [9.17, 15) is 5.11 Å². The van der Waals surface area contributed by atoms with Crippen molar-refractivity contribution >= 4 is 33.1 Å². The number of anilines is 2. The monoisotopic (exact) mass is 286 g/mol. The summed E-state index contributed by atoms with van der Waals surface area (Å²) >= 11 is 1.57. The zero-order valence-corrected chi connectivity index (χ0v) is 11.5. The molecule has 0 amide bonds. The molecule has 4 N–H and O–H groups in total. The normalized spacial score (nSPS) is 12.4. The summed E-state index contributed by atoms with van der Waals surface area (Å²) in [5.74, 6) is 0.741. The number of aromatic nitrogens is 2. The third-order valence-corrected chi connectivity index (χ3v) is 3.87. The first-order valence-electron chi connectivity index (χ1n) is 6.19. The van der Waals surface area contributed by atoms with Crippen LogP contribution in [-0.4, -0.2) is 21.6 Å². The lowest BCUT2D eigenvalue weighted by Crippen LogP contribution is -2.13. The topological polar surface area (TPSA) is 84.1 Å². The molecular formula is C14H14N4OS. The Hall–Kier alpha value is -2.18. The number of hydrogen-bond donors (Lipinski definition) is 3. The summed E-state index contributed by atoms with van der Waals surface area (Å²) in [6.45, 7) is 0.381. The lowest BCUT2D eigenvalue weighted by atomic mass is 10.1. The molecule has 1 aromatic carbocycles. The molecule has 0 spiro atoms. The molecule has 1 unspecified atom stereocenters. The minimum atomic E-state index is -0.612. The molecule has 0 saturated carbocycles. The summed E-state index contributed by atoms with van der Waals surface area (Å²) in [5, 5.41) is 16.3. The molecule has 6 heteroatoms. The SMILES string of the molecule is Nc1ccc(C(O)CNc2ncnc3sccc23)cc1. The molecule has 20 heavy (non-hydrogen) atoms. The largest absolute Gasteiger partial charge is 0.399 e. The van der Waals surface area contributed by atoms with E-state index < -0.39 is 6.10 Å². The van der Waals surface area contributed by atoms with Crippen molar-refractivity contribution in [3.8, 4) is 0 Å². The fraction of sp³-hybridized carbons (Fsp3) is 0.143. The van der Waals surface area contributed by atoms with Gasteiger partial charge in [-0.2, -0.15) is 0 Å². The molecule has 102 valence electrons. The van der Waals surface area contributed by atoms with Crippen LogP contribution in [-0.2, 0) is 0 Å². The summed E-state index contributed by atoms with van der Waals surface area (Å²) in [5.41, 5.74) is 7.14. The van der Waals surface area contributed by atoms with Crippen LogP contribution in [0.5, 0.6) is 0 Å². The van der Waals surface area contributed by atoms with Crippen molar-refractivity contribution in [2.24, 2.45) is 0 Å². The molecular weight excluding hydrogens is 272 g/mol. The Morgan fingerprint density at radius 3 is 2.80 bits per heavy atom. The van der Waals surface area contributed by atoms with E-state index in [1.807, 2.05) is 23.6 Å². The highest BCUT2D eigenvalue weighted by Crippen LogP contribution is 2.24. The Morgan fingerprint density at radius 2 is 2.00 bits per heavy atom. The second-order valence-electron chi connectivity index (χ2n) is 4.43. The average molecular weight is 286 g/mol. The number of nitrogens with one attached hydrogen (secondary N) is 1. The van der Waals surface area contributed by atoms with Gasteiger partial charge in [-0.1, -0.05) is 12.1 Å². The maximum Gasteiger partial charge on any atom is 0.138 e. The average Bonchev–Trinajstić information content (AvgIpc) is 2.94. The van der Waals surface area contributed by atoms with Gasteiger partial charge in [0.15, 0.2) is 0 Å². The van der Waals surface area contributed by atoms with Gasteiger partial charge in [-0.15, -0.1) is 11.3 Å². The number of nitrogen functional groups attached to an aromatic ring is 1. The number of aliphatic hydroxyl groups is 1. The van der Waals surface area contributed by atoms with Crippen molar-refractivity contribution in [2.45, 2.75) is 6.10 Å². The number of thiophene rings is 1. The van der Waals surface area contributed by atoms with Gasteiger partial charge in [0.25, 0.3) is 0 Å². The van der Waals surface area contributed by atoms with Crippen LogP contribution in [0.15, 0.2) is 42.0 Å². The van der Waals surface area contributed by atoms with Crippen LogP contribution < -0.4 is 11.1 Å². The molecule has 2 aromatic heterocycles. The Bertz CT molecular complexity index is 711. The van der Waals surface area contributed by atoms with Crippen LogP contribution in [0.25, 0.3) is 10.2 Å². The van der Waals surface area contributed by atoms with Gasteiger partial charge >= 0.3 is 0 Å². The Labute approximate surface area is 120 Å². The number of benzene rings is 1. The zero-order valence-electron chi connectivity index (χ0n) is 10.7. The van der Waals surface area contributed by atoms with E-state index in [2.05, 4.69) is 15.3 Å². The number of aliphatic hydroxyl groups excluding tert-OH is 1. The zero-order chi connectivity index (χ0) is 13.9. The molecule has 3 aromatic rings. The number of fused-ring (bicyclic) bond motifs is 1. The summed E-state index contributed by atoms with van der Waals surface area (Å²) in [7, 11) is 0. The van der Waals surface area contributed by atoms with Crippen LogP contribution in [0, 0.1) is 0 Å². The first-order chi connectivity index (χ1) is 9.74. The quantitative estimate of drug-likeness (QED) is 0.641. The van der Waals surface area contributed by atoms with Crippen LogP contribution in [0.4, 0.5) is 11.5 Å². The lowest BCUT2D eigenvalue weighted by Gasteiger charge is -2.13. The third-order valence-electron chi connectivity index (χ3n) is 3.05. The van der Waals surface area contributed by atoms with E-state index in [0.29, 0.717) is 12.2 Å². The van der Waals surface area contributed by atoms with Gasteiger partial charge in [0.2, 0.25) is 0 Å². The van der Waals surface area contributed by atoms with Gasteiger partial charge in [-0.3, -0.25) is 0 Å². The smallest absolute Gasteiger partial charge is 0.138 e. The highest BCUT2D eigenvalue weighted by Gasteiger charge is 2.09. The summed E-state index contributed by atoms with van der Waals surface area (Å²) < 4.78 is 0. The van der Waals surface area contributed by atoms with Crippen LogP contribution in [0.2, 0.25) is 0 Å². The standard InChI is InChI=1S/C14H14N4OS/c15-10-3-1-9(2-4-10)12(19)7-16-13-11-5-6-20-14(11)18-8-17-13/h1-6,8,12,19H,7,15H2,(H,16,17,18). The second-order valence-corrected chi connectivity index (χ2v) is 5.32. The van der Waals surface area contributed by atoms with Crippen LogP contribution in [0.1, 0.15) is 11.7 Å². The fourth-order valence-corrected chi connectivity index (χ4v) is 2.69. The lowest BCUT2D eigenvalue weighted by molar-refractivity contribution is 0.191. The molecule has 3 rings (SSSR count). The van der Waals surface area contributed by atoms with E-state index >= 15 is 0 Å². The van der Waals surface area contributed by atoms with Crippen molar-refractivity contribution in [1.82, 2.24) is 9.97 Å². The summed E-state index contributed by atoms with van der Waals surface area (Å²) in [6.07, 6.45) is 0.913. The number of nitrogens with zero attached hydrogens (tertiary/aromatic N) is 2.